The van der Waals surface area contributed by atoms with Gasteiger partial charge in [-0.2, -0.15) is 0 Å². The average Bonchev–Trinajstić information content (AvgIpc) is 3.17. The van der Waals surface area contributed by atoms with E-state index in [2.05, 4.69) is 0 Å². The molecule has 1 N–H and O–H groups in total. The van der Waals surface area contributed by atoms with Crippen LogP contribution in [0.1, 0.15) is 30.5 Å². The van der Waals surface area contributed by atoms with E-state index in [0.717, 1.165) is 6.42 Å². The molecule has 1 aliphatic rings. The predicted molar refractivity (Wildman–Crippen MR) is 143 cm³/mol. The van der Waals surface area contributed by atoms with Gasteiger partial charge in [-0.15, -0.1) is 0 Å². The smallest absolute Gasteiger partial charge is 0.300 e. The molecule has 1 heterocycles. The summed E-state index contributed by atoms with van der Waals surface area (Å²) in [6, 6.07) is 15.7. The largest absolute Gasteiger partial charge is 0.507 e. The zero-order chi connectivity index (χ0) is 26.7. The molecule has 1 amide bonds. The van der Waals surface area contributed by atoms with Crippen LogP contribution in [0.15, 0.2) is 66.2 Å². The third kappa shape index (κ3) is 5.10. The van der Waals surface area contributed by atoms with E-state index < -0.39 is 23.5 Å². The number of aliphatic hydroxyl groups is 1. The van der Waals surface area contributed by atoms with E-state index in [1.807, 2.05) is 6.92 Å². The number of hydrogen-bond acceptors (Lipinski definition) is 6. The first-order valence-corrected chi connectivity index (χ1v) is 12.3. The standard InChI is InChI=1S/C28H25Cl2NO6/c1-4-12-37-20-7-5-6-16(13-20)24-23(25(32)21-14-17(29)15-22(30)27(21)36-3)26(33)28(34)31(24)18-8-10-19(35-2)11-9-18/h5-11,13-15,24,32H,4,12H2,1-3H3/b25-23+. The normalized spacial score (nSPS) is 16.7. The molecule has 1 atom stereocenters. The van der Waals surface area contributed by atoms with Gasteiger partial charge in [0.05, 0.1) is 43.0 Å². The van der Waals surface area contributed by atoms with Crippen LogP contribution in [0.25, 0.3) is 5.76 Å². The number of methoxy groups -OCH3 is 2. The molecule has 9 heteroatoms. The van der Waals surface area contributed by atoms with Gasteiger partial charge in [-0.3, -0.25) is 14.5 Å². The molecule has 3 aromatic carbocycles. The second-order valence-electron chi connectivity index (χ2n) is 8.26. The van der Waals surface area contributed by atoms with Crippen LogP contribution < -0.4 is 19.1 Å². The topological polar surface area (TPSA) is 85.3 Å². The van der Waals surface area contributed by atoms with Gasteiger partial charge in [0.1, 0.15) is 23.0 Å². The molecular weight excluding hydrogens is 517 g/mol. The lowest BCUT2D eigenvalue weighted by Gasteiger charge is -2.26. The summed E-state index contributed by atoms with van der Waals surface area (Å²) in [4.78, 5) is 28.2. The van der Waals surface area contributed by atoms with Crippen molar-refractivity contribution >= 4 is 46.3 Å². The Bertz CT molecular complexity index is 1370. The first-order valence-electron chi connectivity index (χ1n) is 11.5. The van der Waals surface area contributed by atoms with Crippen molar-refractivity contribution in [2.24, 2.45) is 0 Å². The number of Topliss-reactive ketones (excluding diaryl/α,β-unsaturated/α-hetero) is 1. The lowest BCUT2D eigenvalue weighted by Crippen LogP contribution is -2.29. The summed E-state index contributed by atoms with van der Waals surface area (Å²) in [5.41, 5.74) is 0.974. The van der Waals surface area contributed by atoms with E-state index >= 15 is 0 Å². The van der Waals surface area contributed by atoms with Gasteiger partial charge in [0.15, 0.2) is 0 Å². The van der Waals surface area contributed by atoms with Crippen LogP contribution in [0, 0.1) is 0 Å². The number of aliphatic hydroxyl groups excluding tert-OH is 1. The van der Waals surface area contributed by atoms with Crippen molar-refractivity contribution in [1.29, 1.82) is 0 Å². The molecule has 0 radical (unpaired) electrons. The van der Waals surface area contributed by atoms with Crippen LogP contribution in [0.2, 0.25) is 10.0 Å². The molecule has 7 nitrogen and oxygen atoms in total. The van der Waals surface area contributed by atoms with Crippen molar-refractivity contribution in [1.82, 2.24) is 0 Å². The van der Waals surface area contributed by atoms with Gasteiger partial charge in [-0.05, 0) is 60.5 Å². The van der Waals surface area contributed by atoms with Crippen molar-refractivity contribution in [2.45, 2.75) is 19.4 Å². The molecule has 1 saturated heterocycles. The molecule has 0 bridgehead atoms. The molecular formula is C28H25Cl2NO6. The summed E-state index contributed by atoms with van der Waals surface area (Å²) in [6.07, 6.45) is 0.809. The summed E-state index contributed by atoms with van der Waals surface area (Å²) >= 11 is 12.5. The zero-order valence-electron chi connectivity index (χ0n) is 20.5. The Morgan fingerprint density at radius 2 is 1.70 bits per heavy atom. The van der Waals surface area contributed by atoms with Gasteiger partial charge >= 0.3 is 0 Å². The van der Waals surface area contributed by atoms with Gasteiger partial charge in [0.25, 0.3) is 11.7 Å². The van der Waals surface area contributed by atoms with Crippen molar-refractivity contribution in [2.75, 3.05) is 25.7 Å². The molecule has 0 aliphatic carbocycles. The monoisotopic (exact) mass is 541 g/mol. The average molecular weight is 542 g/mol. The van der Waals surface area contributed by atoms with Crippen LogP contribution >= 0.6 is 23.2 Å². The number of hydrogen-bond donors (Lipinski definition) is 1. The van der Waals surface area contributed by atoms with Crippen LogP contribution in [-0.2, 0) is 9.59 Å². The number of nitrogens with zero attached hydrogens (tertiary/aromatic N) is 1. The summed E-state index contributed by atoms with van der Waals surface area (Å²) in [5, 5.41) is 11.9. The Kier molecular flexibility index (Phi) is 7.95. The molecule has 0 saturated carbocycles. The highest BCUT2D eigenvalue weighted by Gasteiger charge is 2.47. The summed E-state index contributed by atoms with van der Waals surface area (Å²) in [6.45, 7) is 2.49. The van der Waals surface area contributed by atoms with E-state index in [4.69, 9.17) is 37.4 Å². The molecule has 0 aromatic heterocycles. The van der Waals surface area contributed by atoms with Crippen LogP contribution in [0.4, 0.5) is 5.69 Å². The number of rotatable bonds is 8. The van der Waals surface area contributed by atoms with Crippen molar-refractivity contribution in [3.05, 3.63) is 87.4 Å². The number of carbonyl (C=O) groups is 2. The highest BCUT2D eigenvalue weighted by Crippen LogP contribution is 2.45. The number of ketones is 1. The third-order valence-electron chi connectivity index (χ3n) is 5.91. The molecule has 0 spiro atoms. The Morgan fingerprint density at radius 1 is 0.973 bits per heavy atom. The molecule has 1 fully saturated rings. The first-order chi connectivity index (χ1) is 17.8. The van der Waals surface area contributed by atoms with E-state index in [-0.39, 0.29) is 26.9 Å². The Morgan fingerprint density at radius 3 is 2.35 bits per heavy atom. The minimum atomic E-state index is -0.971. The van der Waals surface area contributed by atoms with Gasteiger partial charge in [-0.25, -0.2) is 0 Å². The van der Waals surface area contributed by atoms with Crippen molar-refractivity contribution < 1.29 is 28.9 Å². The van der Waals surface area contributed by atoms with Crippen molar-refractivity contribution in [3.8, 4) is 17.2 Å². The number of carbonyl (C=O) groups excluding carboxylic acids is 2. The first kappa shape index (κ1) is 26.4. The van der Waals surface area contributed by atoms with E-state index in [1.165, 1.54) is 31.3 Å². The molecule has 1 aliphatic heterocycles. The fourth-order valence-corrected chi connectivity index (χ4v) is 4.81. The fourth-order valence-electron chi connectivity index (χ4n) is 4.24. The van der Waals surface area contributed by atoms with E-state index in [9.17, 15) is 14.7 Å². The molecule has 1 unspecified atom stereocenters. The predicted octanol–water partition coefficient (Wildman–Crippen LogP) is 6.43. The van der Waals surface area contributed by atoms with E-state index in [1.54, 1.807) is 48.5 Å². The van der Waals surface area contributed by atoms with Gasteiger partial charge in [0, 0.05) is 10.7 Å². The highest BCUT2D eigenvalue weighted by atomic mass is 35.5. The van der Waals surface area contributed by atoms with Crippen LogP contribution in [0.5, 0.6) is 17.2 Å². The molecule has 37 heavy (non-hydrogen) atoms. The Balaban J connectivity index is 1.96. The molecule has 3 aromatic rings. The van der Waals surface area contributed by atoms with Crippen LogP contribution in [-0.4, -0.2) is 37.6 Å². The number of ether oxygens (including phenoxy) is 3. The maximum absolute atomic E-state index is 13.5. The minimum Gasteiger partial charge on any atom is -0.507 e. The lowest BCUT2D eigenvalue weighted by molar-refractivity contribution is -0.132. The maximum Gasteiger partial charge on any atom is 0.300 e. The number of amides is 1. The maximum atomic E-state index is 13.5. The zero-order valence-corrected chi connectivity index (χ0v) is 22.0. The van der Waals surface area contributed by atoms with Gasteiger partial charge in [-0.1, -0.05) is 42.3 Å². The molecule has 4 rings (SSSR count). The Hall–Kier alpha value is -3.68. The third-order valence-corrected chi connectivity index (χ3v) is 6.41. The SMILES string of the molecule is CCCOc1cccc(C2/C(=C(\O)c3cc(Cl)cc(Cl)c3OC)C(=O)C(=O)N2c2ccc(OC)cc2)c1. The van der Waals surface area contributed by atoms with Crippen molar-refractivity contribution in [3.63, 3.8) is 0 Å². The highest BCUT2D eigenvalue weighted by molar-refractivity contribution is 6.52. The number of benzene rings is 3. The summed E-state index contributed by atoms with van der Waals surface area (Å²) in [5.74, 6) is -0.841. The quantitative estimate of drug-likeness (QED) is 0.201. The van der Waals surface area contributed by atoms with E-state index in [0.29, 0.717) is 29.4 Å². The minimum absolute atomic E-state index is 0.0936. The molecule has 192 valence electrons. The summed E-state index contributed by atoms with van der Waals surface area (Å²) in [7, 11) is 2.92. The number of anilines is 1. The second kappa shape index (κ2) is 11.2. The second-order valence-corrected chi connectivity index (χ2v) is 9.10. The fraction of sp³-hybridized carbons (Fsp3) is 0.214. The summed E-state index contributed by atoms with van der Waals surface area (Å²) < 4.78 is 16.4. The van der Waals surface area contributed by atoms with Crippen LogP contribution in [0.3, 0.4) is 0 Å². The van der Waals surface area contributed by atoms with Gasteiger partial charge < -0.3 is 19.3 Å². The lowest BCUT2D eigenvalue weighted by atomic mass is 9.94. The van der Waals surface area contributed by atoms with Gasteiger partial charge in [0.2, 0.25) is 0 Å². The number of halogens is 2. The Labute approximate surface area is 224 Å².